The van der Waals surface area contributed by atoms with E-state index < -0.39 is 0 Å². The van der Waals surface area contributed by atoms with E-state index in [0.29, 0.717) is 19.0 Å². The minimum absolute atomic E-state index is 0.0209. The number of carbonyl (C=O) groups excluding carboxylic acids is 2. The van der Waals surface area contributed by atoms with Crippen LogP contribution in [-0.4, -0.2) is 46.6 Å². The summed E-state index contributed by atoms with van der Waals surface area (Å²) in [5, 5.41) is 13.0. The highest BCUT2D eigenvalue weighted by atomic mass is 16.3. The second-order valence-corrected chi connectivity index (χ2v) is 6.84. The third kappa shape index (κ3) is 3.57. The van der Waals surface area contributed by atoms with Gasteiger partial charge >= 0.3 is 0 Å². The molecule has 0 bridgehead atoms. The first-order valence-corrected chi connectivity index (χ1v) is 8.43. The van der Waals surface area contributed by atoms with Gasteiger partial charge in [-0.1, -0.05) is 12.8 Å². The summed E-state index contributed by atoms with van der Waals surface area (Å²) >= 11 is 0. The molecule has 1 heterocycles. The number of hydrogen-bond donors (Lipinski definition) is 2. The highest BCUT2D eigenvalue weighted by molar-refractivity contribution is 5.88. The molecule has 0 aromatic rings. The monoisotopic (exact) mass is 294 g/mol. The number of likely N-dealkylation sites (tertiary alicyclic amines) is 1. The highest BCUT2D eigenvalue weighted by Gasteiger charge is 2.37. The van der Waals surface area contributed by atoms with Crippen LogP contribution >= 0.6 is 0 Å². The first kappa shape index (κ1) is 14.8. The predicted octanol–water partition coefficient (Wildman–Crippen LogP) is 1.20. The number of aliphatic hydroxyl groups is 1. The summed E-state index contributed by atoms with van der Waals surface area (Å²) in [5.74, 6) is 0.154. The zero-order valence-electron chi connectivity index (χ0n) is 12.6. The van der Waals surface area contributed by atoms with Crippen molar-refractivity contribution >= 4 is 11.8 Å². The van der Waals surface area contributed by atoms with Crippen LogP contribution in [-0.2, 0) is 9.59 Å². The molecule has 2 aliphatic carbocycles. The highest BCUT2D eigenvalue weighted by Crippen LogP contribution is 2.29. The number of amides is 2. The van der Waals surface area contributed by atoms with Gasteiger partial charge in [0.15, 0.2) is 0 Å². The van der Waals surface area contributed by atoms with Gasteiger partial charge in [0.2, 0.25) is 11.8 Å². The summed E-state index contributed by atoms with van der Waals surface area (Å²) in [5.41, 5.74) is 0. The maximum Gasteiger partial charge on any atom is 0.243 e. The zero-order valence-corrected chi connectivity index (χ0v) is 12.6. The van der Waals surface area contributed by atoms with Gasteiger partial charge in [0, 0.05) is 19.0 Å². The van der Waals surface area contributed by atoms with Gasteiger partial charge in [0.1, 0.15) is 6.04 Å². The summed E-state index contributed by atoms with van der Waals surface area (Å²) in [7, 11) is 0. The van der Waals surface area contributed by atoms with Gasteiger partial charge in [-0.3, -0.25) is 9.59 Å². The quantitative estimate of drug-likeness (QED) is 0.818. The molecule has 2 amide bonds. The molecule has 0 aromatic heterocycles. The maximum atomic E-state index is 12.5. The number of rotatable bonds is 4. The van der Waals surface area contributed by atoms with Gasteiger partial charge in [0.25, 0.3) is 0 Å². The minimum atomic E-state index is -0.343. The second kappa shape index (κ2) is 6.34. The van der Waals surface area contributed by atoms with Gasteiger partial charge < -0.3 is 15.3 Å². The van der Waals surface area contributed by atoms with Crippen LogP contribution < -0.4 is 5.32 Å². The molecule has 5 heteroatoms. The molecule has 3 aliphatic rings. The molecular weight excluding hydrogens is 268 g/mol. The summed E-state index contributed by atoms with van der Waals surface area (Å²) in [6, 6.07) is 0.0639. The van der Waals surface area contributed by atoms with Crippen LogP contribution in [0.3, 0.4) is 0 Å². The molecule has 0 unspecified atom stereocenters. The van der Waals surface area contributed by atoms with Gasteiger partial charge in [-0.05, 0) is 44.4 Å². The van der Waals surface area contributed by atoms with Crippen molar-refractivity contribution in [2.24, 2.45) is 5.92 Å². The Morgan fingerprint density at radius 1 is 1.05 bits per heavy atom. The SMILES string of the molecule is O=C(NC1CC1)[C@@H]1CCCN1C(=O)C[C@H]1CCCC[C@@H]1O. The van der Waals surface area contributed by atoms with Gasteiger partial charge in [0.05, 0.1) is 6.10 Å². The van der Waals surface area contributed by atoms with Crippen LogP contribution in [0.25, 0.3) is 0 Å². The Balaban J connectivity index is 1.55. The molecule has 2 N–H and O–H groups in total. The number of aliphatic hydroxyl groups excluding tert-OH is 1. The summed E-state index contributed by atoms with van der Waals surface area (Å²) in [4.78, 5) is 26.5. The minimum Gasteiger partial charge on any atom is -0.393 e. The molecular formula is C16H26N2O3. The average Bonchev–Trinajstić information content (AvgIpc) is 3.14. The van der Waals surface area contributed by atoms with E-state index in [1.807, 2.05) is 0 Å². The predicted molar refractivity (Wildman–Crippen MR) is 78.5 cm³/mol. The van der Waals surface area contributed by atoms with Gasteiger partial charge in [-0.2, -0.15) is 0 Å². The number of nitrogens with zero attached hydrogens (tertiary/aromatic N) is 1. The lowest BCUT2D eigenvalue weighted by Crippen LogP contribution is -2.47. The number of hydrogen-bond acceptors (Lipinski definition) is 3. The summed E-state index contributed by atoms with van der Waals surface area (Å²) < 4.78 is 0. The Kier molecular flexibility index (Phi) is 4.48. The van der Waals surface area contributed by atoms with Crippen LogP contribution in [0.15, 0.2) is 0 Å². The van der Waals surface area contributed by atoms with Crippen molar-refractivity contribution in [2.75, 3.05) is 6.54 Å². The lowest BCUT2D eigenvalue weighted by Gasteiger charge is -2.30. The zero-order chi connectivity index (χ0) is 14.8. The van der Waals surface area contributed by atoms with Crippen molar-refractivity contribution in [1.29, 1.82) is 0 Å². The van der Waals surface area contributed by atoms with Gasteiger partial charge in [-0.25, -0.2) is 0 Å². The van der Waals surface area contributed by atoms with E-state index >= 15 is 0 Å². The third-order valence-corrected chi connectivity index (χ3v) is 5.11. The molecule has 21 heavy (non-hydrogen) atoms. The molecule has 0 radical (unpaired) electrons. The standard InChI is InChI=1S/C16H26N2O3/c19-14-6-2-1-4-11(14)10-15(20)18-9-3-5-13(18)16(21)17-12-7-8-12/h11-14,19H,1-10H2,(H,17,21)/t11-,13+,14+/m1/s1. The molecule has 3 rings (SSSR count). The lowest BCUT2D eigenvalue weighted by molar-refractivity contribution is -0.140. The topological polar surface area (TPSA) is 69.6 Å². The fourth-order valence-electron chi connectivity index (χ4n) is 3.63. The normalized spacial score (nSPS) is 33.0. The maximum absolute atomic E-state index is 12.5. The van der Waals surface area contributed by atoms with Crippen LogP contribution in [0.4, 0.5) is 0 Å². The van der Waals surface area contributed by atoms with E-state index in [4.69, 9.17) is 0 Å². The van der Waals surface area contributed by atoms with Crippen molar-refractivity contribution in [2.45, 2.75) is 76.0 Å². The number of nitrogens with one attached hydrogen (secondary N) is 1. The fourth-order valence-corrected chi connectivity index (χ4v) is 3.63. The first-order chi connectivity index (χ1) is 10.1. The Hall–Kier alpha value is -1.10. The van der Waals surface area contributed by atoms with Gasteiger partial charge in [-0.15, -0.1) is 0 Å². The molecule has 3 fully saturated rings. The van der Waals surface area contributed by atoms with Crippen LogP contribution in [0, 0.1) is 5.92 Å². The van der Waals surface area contributed by atoms with Crippen molar-refractivity contribution in [3.05, 3.63) is 0 Å². The van der Waals surface area contributed by atoms with E-state index in [1.165, 1.54) is 0 Å². The van der Waals surface area contributed by atoms with E-state index in [1.54, 1.807) is 4.90 Å². The Bertz CT molecular complexity index is 408. The lowest BCUT2D eigenvalue weighted by atomic mass is 9.84. The molecule has 2 saturated carbocycles. The molecule has 3 atom stereocenters. The average molecular weight is 294 g/mol. The smallest absolute Gasteiger partial charge is 0.243 e. The molecule has 5 nitrogen and oxygen atoms in total. The number of carbonyl (C=O) groups is 2. The molecule has 1 aliphatic heterocycles. The van der Waals surface area contributed by atoms with Crippen molar-refractivity contribution < 1.29 is 14.7 Å². The summed E-state index contributed by atoms with van der Waals surface area (Å²) in [6.45, 7) is 0.685. The van der Waals surface area contributed by atoms with Crippen LogP contribution in [0.5, 0.6) is 0 Å². The van der Waals surface area contributed by atoms with Crippen molar-refractivity contribution in [3.63, 3.8) is 0 Å². The first-order valence-electron chi connectivity index (χ1n) is 8.43. The summed E-state index contributed by atoms with van der Waals surface area (Å²) in [6.07, 6.45) is 7.77. The molecule has 0 aromatic carbocycles. The fraction of sp³-hybridized carbons (Fsp3) is 0.875. The van der Waals surface area contributed by atoms with Crippen molar-refractivity contribution in [1.82, 2.24) is 10.2 Å². The molecule has 0 spiro atoms. The Morgan fingerprint density at radius 2 is 1.81 bits per heavy atom. The van der Waals surface area contributed by atoms with Crippen molar-refractivity contribution in [3.8, 4) is 0 Å². The molecule has 118 valence electrons. The van der Waals surface area contributed by atoms with E-state index in [9.17, 15) is 14.7 Å². The van der Waals surface area contributed by atoms with Crippen LogP contribution in [0.1, 0.15) is 57.8 Å². The van der Waals surface area contributed by atoms with E-state index in [-0.39, 0.29) is 29.9 Å². The Morgan fingerprint density at radius 3 is 2.52 bits per heavy atom. The Labute approximate surface area is 126 Å². The third-order valence-electron chi connectivity index (χ3n) is 5.11. The molecule has 1 saturated heterocycles. The van der Waals surface area contributed by atoms with E-state index in [0.717, 1.165) is 51.4 Å². The van der Waals surface area contributed by atoms with E-state index in [2.05, 4.69) is 5.32 Å². The second-order valence-electron chi connectivity index (χ2n) is 6.84. The van der Waals surface area contributed by atoms with Crippen LogP contribution in [0.2, 0.25) is 0 Å². The largest absolute Gasteiger partial charge is 0.393 e.